The fraction of sp³-hybridized carbons (Fsp3) is 0.304. The van der Waals surface area contributed by atoms with Gasteiger partial charge in [0.2, 0.25) is 11.8 Å². The molecule has 3 rings (SSSR count). The van der Waals surface area contributed by atoms with E-state index in [9.17, 15) is 19.2 Å². The Kier molecular flexibility index (Phi) is 6.61. The molecule has 0 aliphatic carbocycles. The highest BCUT2D eigenvalue weighted by Gasteiger charge is 2.30. The number of nitrogens with zero attached hydrogens (tertiary/aromatic N) is 1. The average Bonchev–Trinajstić information content (AvgIpc) is 3.10. The number of ether oxygens (including phenoxy) is 1. The fourth-order valence-electron chi connectivity index (χ4n) is 3.23. The first-order valence-corrected chi connectivity index (χ1v) is 9.90. The number of esters is 1. The Morgan fingerprint density at radius 3 is 2.17 bits per heavy atom. The highest BCUT2D eigenvalue weighted by molar-refractivity contribution is 6.19. The van der Waals surface area contributed by atoms with Gasteiger partial charge < -0.3 is 10.1 Å². The Morgan fingerprint density at radius 2 is 1.60 bits per heavy atom. The number of aryl methyl sites for hydroxylation is 1. The lowest BCUT2D eigenvalue weighted by atomic mass is 10.1. The highest BCUT2D eigenvalue weighted by Crippen LogP contribution is 2.23. The van der Waals surface area contributed by atoms with Gasteiger partial charge in [0.15, 0.2) is 6.61 Å². The molecule has 1 aliphatic heterocycles. The van der Waals surface area contributed by atoms with Crippen molar-refractivity contribution in [1.29, 1.82) is 0 Å². The molecule has 3 amide bonds. The molecule has 30 heavy (non-hydrogen) atoms. The molecule has 1 fully saturated rings. The molecule has 0 unspecified atom stereocenters. The molecule has 156 valence electrons. The van der Waals surface area contributed by atoms with Crippen LogP contribution in [0.2, 0.25) is 0 Å². The third-order valence-corrected chi connectivity index (χ3v) is 5.01. The summed E-state index contributed by atoms with van der Waals surface area (Å²) in [5.74, 6) is -1.58. The van der Waals surface area contributed by atoms with Gasteiger partial charge in [-0.15, -0.1) is 0 Å². The lowest BCUT2D eigenvalue weighted by molar-refractivity contribution is -0.125. The molecule has 1 saturated heterocycles. The van der Waals surface area contributed by atoms with E-state index in [1.807, 2.05) is 31.2 Å². The highest BCUT2D eigenvalue weighted by atomic mass is 16.5. The Labute approximate surface area is 175 Å². The van der Waals surface area contributed by atoms with Crippen LogP contribution in [0.5, 0.6) is 0 Å². The Hall–Kier alpha value is -3.48. The average molecular weight is 408 g/mol. The summed E-state index contributed by atoms with van der Waals surface area (Å²) in [7, 11) is 0. The summed E-state index contributed by atoms with van der Waals surface area (Å²) in [6.07, 6.45) is 1.33. The molecule has 2 aromatic rings. The molecule has 0 bridgehead atoms. The number of imide groups is 1. The number of amides is 3. The Bertz CT molecular complexity index is 935. The second kappa shape index (κ2) is 9.35. The zero-order chi connectivity index (χ0) is 21.7. The molecule has 0 aromatic heterocycles. The van der Waals surface area contributed by atoms with Crippen LogP contribution in [0, 0.1) is 0 Å². The van der Waals surface area contributed by atoms with Crippen molar-refractivity contribution in [3.8, 4) is 0 Å². The van der Waals surface area contributed by atoms with Gasteiger partial charge in [-0.2, -0.15) is 0 Å². The first kappa shape index (κ1) is 21.2. The van der Waals surface area contributed by atoms with Gasteiger partial charge in [0.05, 0.1) is 17.3 Å². The summed E-state index contributed by atoms with van der Waals surface area (Å²) in [5, 5.41) is 2.80. The summed E-state index contributed by atoms with van der Waals surface area (Å²) < 4.78 is 5.07. The number of carbonyl (C=O) groups is 4. The zero-order valence-corrected chi connectivity index (χ0v) is 17.0. The summed E-state index contributed by atoms with van der Waals surface area (Å²) in [6.45, 7) is 3.54. The number of nitrogens with one attached hydrogen (secondary N) is 1. The van der Waals surface area contributed by atoms with Crippen LogP contribution in [0.25, 0.3) is 0 Å². The summed E-state index contributed by atoms with van der Waals surface area (Å²) >= 11 is 0. The van der Waals surface area contributed by atoms with Gasteiger partial charge in [0.25, 0.3) is 5.91 Å². The van der Waals surface area contributed by atoms with Crippen LogP contribution in [0.4, 0.5) is 5.69 Å². The smallest absolute Gasteiger partial charge is 0.338 e. The van der Waals surface area contributed by atoms with E-state index in [-0.39, 0.29) is 36.3 Å². The molecule has 0 radical (unpaired) electrons. The van der Waals surface area contributed by atoms with Crippen molar-refractivity contribution < 1.29 is 23.9 Å². The predicted octanol–water partition coefficient (Wildman–Crippen LogP) is 2.94. The van der Waals surface area contributed by atoms with Gasteiger partial charge in [-0.3, -0.25) is 19.3 Å². The van der Waals surface area contributed by atoms with E-state index in [1.165, 1.54) is 29.8 Å². The quantitative estimate of drug-likeness (QED) is 0.562. The lowest BCUT2D eigenvalue weighted by Gasteiger charge is -2.15. The fourth-order valence-corrected chi connectivity index (χ4v) is 3.23. The first-order chi connectivity index (χ1) is 14.4. The molecule has 1 heterocycles. The third-order valence-electron chi connectivity index (χ3n) is 5.01. The number of benzene rings is 2. The number of rotatable bonds is 7. The maximum absolute atomic E-state index is 12.2. The van der Waals surface area contributed by atoms with Crippen molar-refractivity contribution in [3.63, 3.8) is 0 Å². The third kappa shape index (κ3) is 4.92. The van der Waals surface area contributed by atoms with E-state index < -0.39 is 18.5 Å². The van der Waals surface area contributed by atoms with Crippen LogP contribution in [-0.4, -0.2) is 30.3 Å². The molecule has 1 atom stereocenters. The van der Waals surface area contributed by atoms with E-state index in [2.05, 4.69) is 12.2 Å². The molecular weight excluding hydrogens is 384 g/mol. The minimum atomic E-state index is -0.657. The van der Waals surface area contributed by atoms with Crippen LogP contribution in [0.15, 0.2) is 48.5 Å². The molecule has 2 aromatic carbocycles. The van der Waals surface area contributed by atoms with E-state index in [0.717, 1.165) is 16.9 Å². The number of hydrogen-bond donors (Lipinski definition) is 1. The van der Waals surface area contributed by atoms with Crippen molar-refractivity contribution in [1.82, 2.24) is 5.32 Å². The van der Waals surface area contributed by atoms with E-state index in [4.69, 9.17) is 4.74 Å². The van der Waals surface area contributed by atoms with Crippen molar-refractivity contribution >= 4 is 29.4 Å². The summed E-state index contributed by atoms with van der Waals surface area (Å²) in [4.78, 5) is 49.0. The largest absolute Gasteiger partial charge is 0.452 e. The van der Waals surface area contributed by atoms with Crippen LogP contribution in [0.3, 0.4) is 0 Å². The molecule has 0 spiro atoms. The standard InChI is InChI=1S/C23H24N2O5/c1-3-16-4-6-17(7-5-16)15(2)24-20(26)14-30-23(29)18-8-10-19(11-9-18)25-21(27)12-13-22(25)28/h4-11,15H,3,12-14H2,1-2H3,(H,24,26)/t15-/m1/s1. The number of hydrogen-bond acceptors (Lipinski definition) is 5. The molecule has 1 N–H and O–H groups in total. The predicted molar refractivity (Wildman–Crippen MR) is 111 cm³/mol. The lowest BCUT2D eigenvalue weighted by Crippen LogP contribution is -2.31. The molecule has 0 saturated carbocycles. The van der Waals surface area contributed by atoms with Gasteiger partial charge in [0.1, 0.15) is 0 Å². The van der Waals surface area contributed by atoms with Crippen molar-refractivity contribution in [2.24, 2.45) is 0 Å². The number of anilines is 1. The summed E-state index contributed by atoms with van der Waals surface area (Å²) in [6, 6.07) is 13.7. The van der Waals surface area contributed by atoms with Crippen LogP contribution in [0.1, 0.15) is 54.2 Å². The van der Waals surface area contributed by atoms with Gasteiger partial charge in [0, 0.05) is 12.8 Å². The second-order valence-electron chi connectivity index (χ2n) is 7.13. The zero-order valence-electron chi connectivity index (χ0n) is 17.0. The first-order valence-electron chi connectivity index (χ1n) is 9.90. The maximum atomic E-state index is 12.2. The minimum Gasteiger partial charge on any atom is -0.452 e. The molecule has 1 aliphatic rings. The van der Waals surface area contributed by atoms with Crippen molar-refractivity contribution in [2.75, 3.05) is 11.5 Å². The van der Waals surface area contributed by atoms with Gasteiger partial charge >= 0.3 is 5.97 Å². The maximum Gasteiger partial charge on any atom is 0.338 e. The van der Waals surface area contributed by atoms with Crippen LogP contribution in [-0.2, 0) is 25.5 Å². The van der Waals surface area contributed by atoms with Crippen molar-refractivity contribution in [3.05, 3.63) is 65.2 Å². The Balaban J connectivity index is 1.51. The van der Waals surface area contributed by atoms with Crippen molar-refractivity contribution in [2.45, 2.75) is 39.2 Å². The van der Waals surface area contributed by atoms with E-state index in [1.54, 1.807) is 0 Å². The van der Waals surface area contributed by atoms with Gasteiger partial charge in [-0.1, -0.05) is 31.2 Å². The topological polar surface area (TPSA) is 92.8 Å². The van der Waals surface area contributed by atoms with Crippen LogP contribution < -0.4 is 10.2 Å². The summed E-state index contributed by atoms with van der Waals surface area (Å²) in [5.41, 5.74) is 2.83. The normalized spacial score (nSPS) is 14.5. The number of carbonyl (C=O) groups excluding carboxylic acids is 4. The molecular formula is C23H24N2O5. The van der Waals surface area contributed by atoms with E-state index in [0.29, 0.717) is 5.69 Å². The van der Waals surface area contributed by atoms with Gasteiger partial charge in [-0.05, 0) is 48.7 Å². The minimum absolute atomic E-state index is 0.193. The van der Waals surface area contributed by atoms with E-state index >= 15 is 0 Å². The monoisotopic (exact) mass is 408 g/mol. The van der Waals surface area contributed by atoms with Gasteiger partial charge in [-0.25, -0.2) is 4.79 Å². The Morgan fingerprint density at radius 1 is 1.00 bits per heavy atom. The SMILES string of the molecule is CCc1ccc([C@@H](C)NC(=O)COC(=O)c2ccc(N3C(=O)CCC3=O)cc2)cc1. The van der Waals surface area contributed by atoms with Crippen LogP contribution >= 0.6 is 0 Å². The molecule has 7 heteroatoms. The second-order valence-corrected chi connectivity index (χ2v) is 7.13. The molecule has 7 nitrogen and oxygen atoms in total.